The Morgan fingerprint density at radius 3 is 2.75 bits per heavy atom. The molecule has 8 heavy (non-hydrogen) atoms. The van der Waals surface area contributed by atoms with E-state index in [9.17, 15) is 4.79 Å². The molecule has 1 aliphatic rings. The summed E-state index contributed by atoms with van der Waals surface area (Å²) in [7, 11) is 1.11. The molecule has 0 saturated carbocycles. The molecule has 1 rings (SSSR count). The van der Waals surface area contributed by atoms with Crippen molar-refractivity contribution >= 4 is 13.2 Å². The van der Waals surface area contributed by atoms with E-state index >= 15 is 0 Å². The summed E-state index contributed by atoms with van der Waals surface area (Å²) >= 11 is 0. The summed E-state index contributed by atoms with van der Waals surface area (Å²) in [6.07, 6.45) is 2.90. The van der Waals surface area contributed by atoms with Gasteiger partial charge >= 0.3 is 5.97 Å². The molecule has 0 amide bonds. The Labute approximate surface area is 49.1 Å². The van der Waals surface area contributed by atoms with Crippen LogP contribution in [0.15, 0.2) is 0 Å². The molecular formula is C5H9BO2. The van der Waals surface area contributed by atoms with Crippen LogP contribution < -0.4 is 0 Å². The number of hydrogen-bond donors (Lipinski definition) is 1. The van der Waals surface area contributed by atoms with E-state index in [0.29, 0.717) is 0 Å². The van der Waals surface area contributed by atoms with E-state index in [1.807, 2.05) is 0 Å². The quantitative estimate of drug-likeness (QED) is 0.497. The molecule has 1 heterocycles. The minimum atomic E-state index is -0.609. The van der Waals surface area contributed by atoms with Crippen molar-refractivity contribution in [3.63, 3.8) is 0 Å². The minimum Gasteiger partial charge on any atom is -0.481 e. The largest absolute Gasteiger partial charge is 0.481 e. The Bertz CT molecular complexity index is 96.6. The van der Waals surface area contributed by atoms with Gasteiger partial charge in [-0.3, -0.25) is 4.79 Å². The molecule has 3 heteroatoms. The van der Waals surface area contributed by atoms with Crippen LogP contribution in [0.25, 0.3) is 0 Å². The van der Waals surface area contributed by atoms with E-state index in [2.05, 4.69) is 0 Å². The molecule has 0 aromatic heterocycles. The second-order valence-electron chi connectivity index (χ2n) is 2.32. The average Bonchev–Trinajstić information content (AvgIpc) is 2.12. The normalized spacial score (nSPS) is 27.2. The summed E-state index contributed by atoms with van der Waals surface area (Å²) in [4.78, 5) is 10.2. The number of carbonyl (C=O) groups is 1. The van der Waals surface area contributed by atoms with Crippen LogP contribution in [0.2, 0.25) is 12.6 Å². The zero-order chi connectivity index (χ0) is 5.98. The van der Waals surface area contributed by atoms with Gasteiger partial charge in [-0.05, 0) is 6.42 Å². The fraction of sp³-hybridized carbons (Fsp3) is 0.800. The number of carboxylic acids is 1. The lowest BCUT2D eigenvalue weighted by molar-refractivity contribution is -0.140. The monoisotopic (exact) mass is 112 g/mol. The zero-order valence-electron chi connectivity index (χ0n) is 4.76. The van der Waals surface area contributed by atoms with Crippen LogP contribution in [-0.2, 0) is 4.79 Å². The molecule has 0 bridgehead atoms. The van der Waals surface area contributed by atoms with Crippen molar-refractivity contribution in [3.05, 3.63) is 0 Å². The maximum atomic E-state index is 10.2. The zero-order valence-corrected chi connectivity index (χ0v) is 4.76. The summed E-state index contributed by atoms with van der Waals surface area (Å²) in [5.41, 5.74) is 0. The van der Waals surface area contributed by atoms with Crippen LogP contribution >= 0.6 is 0 Å². The molecule has 0 radical (unpaired) electrons. The van der Waals surface area contributed by atoms with Crippen LogP contribution in [-0.4, -0.2) is 18.4 Å². The third kappa shape index (κ3) is 1.03. The van der Waals surface area contributed by atoms with E-state index < -0.39 is 5.97 Å². The van der Waals surface area contributed by atoms with E-state index in [4.69, 9.17) is 5.11 Å². The average molecular weight is 112 g/mol. The van der Waals surface area contributed by atoms with Gasteiger partial charge in [-0.15, -0.1) is 0 Å². The van der Waals surface area contributed by atoms with Gasteiger partial charge in [0, 0.05) is 5.92 Å². The van der Waals surface area contributed by atoms with Crippen LogP contribution in [0, 0.1) is 5.92 Å². The molecule has 1 aliphatic heterocycles. The van der Waals surface area contributed by atoms with Gasteiger partial charge in [0.2, 0.25) is 0 Å². The van der Waals surface area contributed by atoms with Crippen LogP contribution in [0.4, 0.5) is 0 Å². The summed E-state index contributed by atoms with van der Waals surface area (Å²) in [5.74, 6) is -0.627. The SMILES string of the molecule is O=C(O)C1CBCC1. The van der Waals surface area contributed by atoms with Gasteiger partial charge in [0.1, 0.15) is 7.28 Å². The van der Waals surface area contributed by atoms with Crippen molar-refractivity contribution in [2.24, 2.45) is 5.92 Å². The van der Waals surface area contributed by atoms with Gasteiger partial charge < -0.3 is 5.11 Å². The van der Waals surface area contributed by atoms with E-state index in [-0.39, 0.29) is 5.92 Å². The molecule has 44 valence electrons. The molecule has 0 aromatic carbocycles. The molecule has 1 atom stereocenters. The van der Waals surface area contributed by atoms with Gasteiger partial charge in [-0.25, -0.2) is 0 Å². The number of hydrogen-bond acceptors (Lipinski definition) is 1. The summed E-state index contributed by atoms with van der Waals surface area (Å²) < 4.78 is 0. The maximum Gasteiger partial charge on any atom is 0.305 e. The highest BCUT2D eigenvalue weighted by atomic mass is 16.4. The Balaban J connectivity index is 2.35. The lowest BCUT2D eigenvalue weighted by atomic mass is 9.76. The first-order chi connectivity index (χ1) is 3.80. The van der Waals surface area contributed by atoms with Gasteiger partial charge in [0.25, 0.3) is 0 Å². The predicted octanol–water partition coefficient (Wildman–Crippen LogP) is 0.364. The third-order valence-corrected chi connectivity index (χ3v) is 1.70. The van der Waals surface area contributed by atoms with Crippen LogP contribution in [0.5, 0.6) is 0 Å². The summed E-state index contributed by atoms with van der Waals surface area (Å²) in [6.45, 7) is 0. The Morgan fingerprint density at radius 1 is 1.75 bits per heavy atom. The predicted molar refractivity (Wildman–Crippen MR) is 32.5 cm³/mol. The second kappa shape index (κ2) is 2.20. The highest BCUT2D eigenvalue weighted by Crippen LogP contribution is 2.20. The molecule has 1 N–H and O–H groups in total. The van der Waals surface area contributed by atoms with Crippen molar-refractivity contribution in [2.75, 3.05) is 0 Å². The van der Waals surface area contributed by atoms with E-state index in [1.54, 1.807) is 0 Å². The lowest BCUT2D eigenvalue weighted by Gasteiger charge is -1.97. The Morgan fingerprint density at radius 2 is 2.50 bits per heavy atom. The lowest BCUT2D eigenvalue weighted by Crippen LogP contribution is -2.07. The second-order valence-corrected chi connectivity index (χ2v) is 2.32. The highest BCUT2D eigenvalue weighted by Gasteiger charge is 2.21. The van der Waals surface area contributed by atoms with Crippen molar-refractivity contribution in [2.45, 2.75) is 19.1 Å². The Hall–Kier alpha value is -0.465. The fourth-order valence-electron chi connectivity index (χ4n) is 1.17. The molecule has 1 unspecified atom stereocenters. The molecule has 1 saturated heterocycles. The van der Waals surface area contributed by atoms with E-state index in [0.717, 1.165) is 26.3 Å². The molecule has 0 aromatic rings. The van der Waals surface area contributed by atoms with Crippen molar-refractivity contribution < 1.29 is 9.90 Å². The first-order valence-electron chi connectivity index (χ1n) is 3.03. The topological polar surface area (TPSA) is 37.3 Å². The van der Waals surface area contributed by atoms with Gasteiger partial charge in [0.15, 0.2) is 0 Å². The number of carboxylic acid groups (broad SMARTS) is 1. The summed E-state index contributed by atoms with van der Waals surface area (Å²) in [5, 5.41) is 8.41. The van der Waals surface area contributed by atoms with Crippen LogP contribution in [0.3, 0.4) is 0 Å². The fourth-order valence-corrected chi connectivity index (χ4v) is 1.17. The smallest absolute Gasteiger partial charge is 0.305 e. The minimum absolute atomic E-state index is 0.0185. The van der Waals surface area contributed by atoms with Crippen LogP contribution in [0.1, 0.15) is 6.42 Å². The molecule has 2 nitrogen and oxygen atoms in total. The van der Waals surface area contributed by atoms with Gasteiger partial charge in [-0.1, -0.05) is 12.6 Å². The van der Waals surface area contributed by atoms with Crippen molar-refractivity contribution in [3.8, 4) is 0 Å². The van der Waals surface area contributed by atoms with E-state index in [1.165, 1.54) is 0 Å². The molecule has 0 spiro atoms. The van der Waals surface area contributed by atoms with Crippen molar-refractivity contribution in [1.29, 1.82) is 0 Å². The standard InChI is InChI=1S/C5H9BO2/c7-5(8)4-1-2-6-3-4/h4,6H,1-3H2,(H,7,8). The third-order valence-electron chi connectivity index (χ3n) is 1.70. The molecule has 1 fully saturated rings. The number of rotatable bonds is 1. The van der Waals surface area contributed by atoms with Gasteiger partial charge in [-0.2, -0.15) is 0 Å². The first-order valence-corrected chi connectivity index (χ1v) is 3.03. The Kier molecular flexibility index (Phi) is 1.56. The summed E-state index contributed by atoms with van der Waals surface area (Å²) in [6, 6.07) is 0. The number of aliphatic carboxylic acids is 1. The molecule has 0 aliphatic carbocycles. The first kappa shape index (κ1) is 5.67. The highest BCUT2D eigenvalue weighted by molar-refractivity contribution is 6.37. The van der Waals surface area contributed by atoms with Crippen molar-refractivity contribution in [1.82, 2.24) is 0 Å². The maximum absolute atomic E-state index is 10.2. The van der Waals surface area contributed by atoms with Gasteiger partial charge in [0.05, 0.1) is 0 Å². The molecular weight excluding hydrogens is 103 g/mol.